The number of nitro groups is 1. The van der Waals surface area contributed by atoms with Crippen LogP contribution in [0.15, 0.2) is 48.5 Å². The number of carbonyl (C=O) groups is 1. The number of rotatable bonds is 5. The van der Waals surface area contributed by atoms with Crippen LogP contribution in [0.3, 0.4) is 0 Å². The zero-order chi connectivity index (χ0) is 21.8. The molecule has 2 aromatic carbocycles. The molecule has 1 aliphatic heterocycles. The molecule has 158 valence electrons. The quantitative estimate of drug-likeness (QED) is 0.446. The van der Waals surface area contributed by atoms with Crippen molar-refractivity contribution in [2.75, 3.05) is 13.1 Å². The van der Waals surface area contributed by atoms with Crippen LogP contribution in [-0.4, -0.2) is 40.9 Å². The predicted octanol–water partition coefficient (Wildman–Crippen LogP) is 4.61. The third-order valence-electron chi connectivity index (χ3n) is 5.40. The van der Waals surface area contributed by atoms with E-state index < -0.39 is 0 Å². The van der Waals surface area contributed by atoms with Gasteiger partial charge in [-0.05, 0) is 42.5 Å². The van der Waals surface area contributed by atoms with Gasteiger partial charge in [0.05, 0.1) is 10.5 Å². The van der Waals surface area contributed by atoms with Crippen LogP contribution < -0.4 is 5.32 Å². The maximum atomic E-state index is 12.8. The fraction of sp³-hybridized carbons (Fsp3) is 0.375. The second-order valence-electron chi connectivity index (χ2n) is 8.29. The van der Waals surface area contributed by atoms with Crippen LogP contribution in [0.25, 0.3) is 17.2 Å². The molecule has 0 radical (unpaired) electrons. The Morgan fingerprint density at radius 1 is 1.13 bits per heavy atom. The summed E-state index contributed by atoms with van der Waals surface area (Å²) in [5, 5.41) is 15.2. The van der Waals surface area contributed by atoms with E-state index in [1.807, 2.05) is 35.2 Å². The Morgan fingerprint density at radius 3 is 2.43 bits per heavy atom. The lowest BCUT2D eigenvalue weighted by Crippen LogP contribution is -2.55. The zero-order valence-electron chi connectivity index (χ0n) is 18.0. The van der Waals surface area contributed by atoms with Crippen molar-refractivity contribution in [2.24, 2.45) is 0 Å². The molecule has 0 saturated carbocycles. The normalized spacial score (nSPS) is 19.4. The minimum Gasteiger partial charge on any atom is -0.336 e. The molecule has 6 heteroatoms. The molecule has 30 heavy (non-hydrogen) atoms. The van der Waals surface area contributed by atoms with Gasteiger partial charge in [0.15, 0.2) is 0 Å². The first-order valence-corrected chi connectivity index (χ1v) is 10.4. The molecule has 6 nitrogen and oxygen atoms in total. The minimum atomic E-state index is -0.356. The van der Waals surface area contributed by atoms with E-state index in [0.717, 1.165) is 11.1 Å². The van der Waals surface area contributed by atoms with Gasteiger partial charge >= 0.3 is 0 Å². The third-order valence-corrected chi connectivity index (χ3v) is 5.40. The summed E-state index contributed by atoms with van der Waals surface area (Å²) in [7, 11) is 0. The summed E-state index contributed by atoms with van der Waals surface area (Å²) in [4.78, 5) is 26.0. The first-order chi connectivity index (χ1) is 14.3. The molecule has 2 aromatic rings. The Kier molecular flexibility index (Phi) is 6.67. The molecule has 2 atom stereocenters. The number of nitrogens with zero attached hydrogens (tertiary/aromatic N) is 2. The summed E-state index contributed by atoms with van der Waals surface area (Å²) in [5.41, 5.74) is 3.13. The predicted molar refractivity (Wildman–Crippen MR) is 120 cm³/mol. The number of carbonyl (C=O) groups excluding carboxylic acids is 1. The van der Waals surface area contributed by atoms with Gasteiger partial charge in [-0.3, -0.25) is 14.9 Å². The number of hydrogen-bond donors (Lipinski definition) is 1. The van der Waals surface area contributed by atoms with Crippen LogP contribution in [0.1, 0.15) is 44.7 Å². The molecule has 0 bridgehead atoms. The molecule has 1 aliphatic rings. The summed E-state index contributed by atoms with van der Waals surface area (Å²) in [5.74, 6) is 0.132. The lowest BCUT2D eigenvalue weighted by Gasteiger charge is -2.35. The van der Waals surface area contributed by atoms with Gasteiger partial charge in [0, 0.05) is 37.3 Å². The molecule has 0 aliphatic carbocycles. The van der Waals surface area contributed by atoms with Gasteiger partial charge in [-0.25, -0.2) is 0 Å². The smallest absolute Gasteiger partial charge is 0.277 e. The minimum absolute atomic E-state index is 0.0436. The van der Waals surface area contributed by atoms with Crippen molar-refractivity contribution >= 4 is 17.7 Å². The molecule has 3 rings (SSSR count). The Hall–Kier alpha value is -2.99. The monoisotopic (exact) mass is 407 g/mol. The first kappa shape index (κ1) is 21.7. The largest absolute Gasteiger partial charge is 0.336 e. The molecule has 1 heterocycles. The van der Waals surface area contributed by atoms with Crippen molar-refractivity contribution in [3.05, 3.63) is 69.8 Å². The van der Waals surface area contributed by atoms with Gasteiger partial charge in [0.2, 0.25) is 5.91 Å². The van der Waals surface area contributed by atoms with Crippen molar-refractivity contribution in [3.8, 4) is 11.1 Å². The Bertz CT molecular complexity index is 958. The first-order valence-electron chi connectivity index (χ1n) is 10.4. The molecular formula is C24H29N3O3. The fourth-order valence-corrected chi connectivity index (χ4v) is 4.14. The lowest BCUT2D eigenvalue weighted by atomic mass is 9.89. The molecule has 0 aromatic heterocycles. The van der Waals surface area contributed by atoms with Crippen LogP contribution in [0, 0.1) is 10.1 Å². The van der Waals surface area contributed by atoms with Crippen LogP contribution in [0.4, 0.5) is 5.69 Å². The van der Waals surface area contributed by atoms with Crippen molar-refractivity contribution < 1.29 is 9.72 Å². The van der Waals surface area contributed by atoms with E-state index >= 15 is 0 Å². The highest BCUT2D eigenvalue weighted by molar-refractivity contribution is 5.94. The molecular weight excluding hydrogens is 378 g/mol. The van der Waals surface area contributed by atoms with Crippen molar-refractivity contribution in [1.29, 1.82) is 0 Å². The van der Waals surface area contributed by atoms with Crippen LogP contribution in [0.2, 0.25) is 0 Å². The summed E-state index contributed by atoms with van der Waals surface area (Å²) in [6.07, 6.45) is 3.24. The Labute approximate surface area is 177 Å². The van der Waals surface area contributed by atoms with Gasteiger partial charge in [-0.2, -0.15) is 0 Å². The number of hydrogen-bond acceptors (Lipinski definition) is 4. The van der Waals surface area contributed by atoms with E-state index in [1.54, 1.807) is 12.1 Å². The van der Waals surface area contributed by atoms with Gasteiger partial charge in [0.25, 0.3) is 5.69 Å². The van der Waals surface area contributed by atoms with Gasteiger partial charge < -0.3 is 10.2 Å². The average Bonchev–Trinajstić information content (AvgIpc) is 2.70. The van der Waals surface area contributed by atoms with E-state index in [2.05, 4.69) is 33.0 Å². The Morgan fingerprint density at radius 2 is 1.80 bits per heavy atom. The van der Waals surface area contributed by atoms with Crippen LogP contribution in [0.5, 0.6) is 0 Å². The second-order valence-corrected chi connectivity index (χ2v) is 8.29. The summed E-state index contributed by atoms with van der Waals surface area (Å²) in [6, 6.07) is 13.2. The molecule has 1 amide bonds. The molecule has 1 saturated heterocycles. The second kappa shape index (κ2) is 9.22. The number of nitro benzene ring substituents is 1. The van der Waals surface area contributed by atoms with Crippen LogP contribution in [-0.2, 0) is 4.79 Å². The number of benzene rings is 2. The van der Waals surface area contributed by atoms with Gasteiger partial charge in [-0.15, -0.1) is 0 Å². The maximum absolute atomic E-state index is 12.8. The molecule has 0 spiro atoms. The highest BCUT2D eigenvalue weighted by atomic mass is 16.6. The molecule has 1 fully saturated rings. The lowest BCUT2D eigenvalue weighted by molar-refractivity contribution is -0.384. The summed E-state index contributed by atoms with van der Waals surface area (Å²) < 4.78 is 0. The maximum Gasteiger partial charge on any atom is 0.277 e. The van der Waals surface area contributed by atoms with E-state index in [1.165, 1.54) is 12.1 Å². The Balaban J connectivity index is 2.02. The van der Waals surface area contributed by atoms with Gasteiger partial charge in [-0.1, -0.05) is 50.2 Å². The standard InChI is InChI=1S/C24H29N3O3/c1-16(2)20-9-5-6-10-21(20)24-19(8-7-11-22(24)27(29)30)12-13-23(28)26-14-17(3)25-18(4)15-26/h5-13,16-18,25H,14-15H2,1-4H3/b13-12+. The average molecular weight is 408 g/mol. The topological polar surface area (TPSA) is 75.5 Å². The SMILES string of the molecule is CC1CN(C(=O)/C=C/c2cccc([N+](=O)[O-])c2-c2ccccc2C(C)C)CC(C)N1. The van der Waals surface area contributed by atoms with Crippen molar-refractivity contribution in [1.82, 2.24) is 10.2 Å². The summed E-state index contributed by atoms with van der Waals surface area (Å²) in [6.45, 7) is 9.54. The highest BCUT2D eigenvalue weighted by Gasteiger charge is 2.24. The molecule has 2 unspecified atom stereocenters. The summed E-state index contributed by atoms with van der Waals surface area (Å²) >= 11 is 0. The number of nitrogens with one attached hydrogen (secondary N) is 1. The third kappa shape index (κ3) is 4.76. The number of amides is 1. The van der Waals surface area contributed by atoms with Gasteiger partial charge in [0.1, 0.15) is 0 Å². The fourth-order valence-electron chi connectivity index (χ4n) is 4.14. The van der Waals surface area contributed by atoms with Crippen molar-refractivity contribution in [3.63, 3.8) is 0 Å². The van der Waals surface area contributed by atoms with E-state index in [9.17, 15) is 14.9 Å². The van der Waals surface area contributed by atoms with E-state index in [0.29, 0.717) is 24.2 Å². The highest BCUT2D eigenvalue weighted by Crippen LogP contribution is 2.38. The van der Waals surface area contributed by atoms with Crippen molar-refractivity contribution in [2.45, 2.75) is 45.7 Å². The van der Waals surface area contributed by atoms with E-state index in [-0.39, 0.29) is 34.5 Å². The zero-order valence-corrected chi connectivity index (χ0v) is 18.0. The number of piperazine rings is 1. The molecule has 1 N–H and O–H groups in total. The van der Waals surface area contributed by atoms with E-state index in [4.69, 9.17) is 0 Å². The van der Waals surface area contributed by atoms with Crippen LogP contribution >= 0.6 is 0 Å².